The van der Waals surface area contributed by atoms with E-state index in [1.165, 1.54) is 15.6 Å². The van der Waals surface area contributed by atoms with Gasteiger partial charge in [0.05, 0.1) is 15.1 Å². The summed E-state index contributed by atoms with van der Waals surface area (Å²) in [6.07, 6.45) is 1.16. The van der Waals surface area contributed by atoms with Gasteiger partial charge in [0.25, 0.3) is 0 Å². The van der Waals surface area contributed by atoms with Gasteiger partial charge in [-0.25, -0.2) is 13.4 Å². The molecule has 2 heterocycles. The van der Waals surface area contributed by atoms with Crippen molar-refractivity contribution in [1.82, 2.24) is 14.2 Å². The van der Waals surface area contributed by atoms with Gasteiger partial charge in [-0.2, -0.15) is 4.31 Å². The van der Waals surface area contributed by atoms with E-state index < -0.39 is 16.1 Å². The van der Waals surface area contributed by atoms with Crippen LogP contribution in [-0.4, -0.2) is 68.3 Å². The number of carbonyl (C=O) groups is 1. The Morgan fingerprint density at radius 2 is 1.79 bits per heavy atom. The maximum atomic E-state index is 13.8. The minimum atomic E-state index is -3.77. The molecule has 1 aliphatic heterocycles. The number of sulfonamides is 1. The van der Waals surface area contributed by atoms with Gasteiger partial charge in [0.15, 0.2) is 5.13 Å². The van der Waals surface area contributed by atoms with E-state index in [2.05, 4.69) is 6.07 Å². The molecule has 0 N–H and O–H groups in total. The van der Waals surface area contributed by atoms with Crippen LogP contribution < -0.4 is 4.90 Å². The average Bonchev–Trinajstić information content (AvgIpc) is 3.41. The first kappa shape index (κ1) is 23.8. The second-order valence-electron chi connectivity index (χ2n) is 8.85. The van der Waals surface area contributed by atoms with Crippen molar-refractivity contribution in [3.8, 4) is 0 Å². The third-order valence-electron chi connectivity index (χ3n) is 5.92. The Kier molecular flexibility index (Phi) is 6.86. The average molecular weight is 487 g/mol. The second kappa shape index (κ2) is 9.50. The van der Waals surface area contributed by atoms with Gasteiger partial charge in [-0.3, -0.25) is 9.69 Å². The molecule has 0 spiro atoms. The van der Waals surface area contributed by atoms with E-state index in [9.17, 15) is 13.2 Å². The molecule has 0 saturated carbocycles. The molecule has 0 radical (unpaired) electrons. The molecule has 4 rings (SSSR count). The van der Waals surface area contributed by atoms with Crippen LogP contribution in [0.25, 0.3) is 10.2 Å². The van der Waals surface area contributed by atoms with Crippen LogP contribution in [0.4, 0.5) is 5.13 Å². The number of hydrogen-bond acceptors (Lipinski definition) is 6. The smallest absolute Gasteiger partial charge is 0.247 e. The van der Waals surface area contributed by atoms with Gasteiger partial charge < -0.3 is 4.90 Å². The highest BCUT2D eigenvalue weighted by Crippen LogP contribution is 2.33. The predicted molar refractivity (Wildman–Crippen MR) is 133 cm³/mol. The number of thiazole rings is 1. The number of amides is 1. The number of aromatic nitrogens is 1. The van der Waals surface area contributed by atoms with Crippen molar-refractivity contribution in [2.75, 3.05) is 38.6 Å². The molecule has 0 aliphatic carbocycles. The number of anilines is 1. The molecule has 1 saturated heterocycles. The van der Waals surface area contributed by atoms with E-state index in [1.54, 1.807) is 29.2 Å². The van der Waals surface area contributed by atoms with Crippen molar-refractivity contribution in [3.05, 3.63) is 53.6 Å². The Hall–Kier alpha value is -2.33. The summed E-state index contributed by atoms with van der Waals surface area (Å²) >= 11 is 1.47. The van der Waals surface area contributed by atoms with Crippen molar-refractivity contribution >= 4 is 42.6 Å². The molecule has 176 valence electrons. The zero-order chi connectivity index (χ0) is 23.8. The molecule has 1 amide bonds. The highest BCUT2D eigenvalue weighted by molar-refractivity contribution is 7.89. The first-order chi connectivity index (χ1) is 15.7. The van der Waals surface area contributed by atoms with E-state index in [-0.39, 0.29) is 10.8 Å². The topological polar surface area (TPSA) is 73.8 Å². The maximum absolute atomic E-state index is 13.8. The number of rotatable bonds is 7. The van der Waals surface area contributed by atoms with Gasteiger partial charge in [-0.1, -0.05) is 35.1 Å². The summed E-state index contributed by atoms with van der Waals surface area (Å²) in [7, 11) is 0.136. The van der Waals surface area contributed by atoms with Crippen LogP contribution in [0, 0.1) is 13.8 Å². The number of hydrogen-bond donors (Lipinski definition) is 0. The van der Waals surface area contributed by atoms with Crippen LogP contribution in [0.1, 0.15) is 24.0 Å². The molecule has 1 aromatic heterocycles. The van der Waals surface area contributed by atoms with E-state index in [1.807, 2.05) is 45.0 Å². The summed E-state index contributed by atoms with van der Waals surface area (Å²) in [6.45, 7) is 5.38. The maximum Gasteiger partial charge on any atom is 0.247 e. The van der Waals surface area contributed by atoms with Crippen LogP contribution in [0.2, 0.25) is 0 Å². The fraction of sp³-hybridized carbons (Fsp3) is 0.417. The lowest BCUT2D eigenvalue weighted by molar-refractivity contribution is -0.121. The minimum Gasteiger partial charge on any atom is -0.308 e. The standard InChI is InChI=1S/C24H30N4O3S2/c1-17-7-10-19(11-8-17)33(30,31)28-13-5-6-21(28)23(29)27(15-14-26(3)4)24-25-20-12-9-18(2)16-22(20)32-24/h7-12,16,21H,5-6,13-15H2,1-4H3. The monoisotopic (exact) mass is 486 g/mol. The molecular formula is C24H30N4O3S2. The quantitative estimate of drug-likeness (QED) is 0.510. The normalized spacial score (nSPS) is 17.2. The van der Waals surface area contributed by atoms with E-state index in [0.29, 0.717) is 37.6 Å². The fourth-order valence-corrected chi connectivity index (χ4v) is 6.78. The largest absolute Gasteiger partial charge is 0.308 e. The molecule has 0 bridgehead atoms. The first-order valence-corrected chi connectivity index (χ1v) is 13.3. The van der Waals surface area contributed by atoms with E-state index in [0.717, 1.165) is 21.3 Å². The second-order valence-corrected chi connectivity index (χ2v) is 11.7. The SMILES string of the molecule is Cc1ccc(S(=O)(=O)N2CCCC2C(=O)N(CCN(C)C)c2nc3ccc(C)cc3s2)cc1. The Labute approximate surface area is 199 Å². The Bertz CT molecular complexity index is 1250. The van der Waals surface area contributed by atoms with Crippen LogP contribution in [0.15, 0.2) is 47.4 Å². The first-order valence-electron chi connectivity index (χ1n) is 11.1. The Balaban J connectivity index is 1.67. The zero-order valence-corrected chi connectivity index (χ0v) is 21.1. The summed E-state index contributed by atoms with van der Waals surface area (Å²) in [5, 5.41) is 0.613. The van der Waals surface area contributed by atoms with Crippen LogP contribution in [0.3, 0.4) is 0 Å². The van der Waals surface area contributed by atoms with Gasteiger partial charge in [0.2, 0.25) is 15.9 Å². The van der Waals surface area contributed by atoms with Gasteiger partial charge >= 0.3 is 0 Å². The molecule has 7 nitrogen and oxygen atoms in total. The lowest BCUT2D eigenvalue weighted by atomic mass is 10.2. The van der Waals surface area contributed by atoms with Crippen molar-refractivity contribution in [3.63, 3.8) is 0 Å². The summed E-state index contributed by atoms with van der Waals surface area (Å²) < 4.78 is 29.2. The van der Waals surface area contributed by atoms with Crippen LogP contribution in [-0.2, 0) is 14.8 Å². The van der Waals surface area contributed by atoms with Gasteiger partial charge in [-0.15, -0.1) is 0 Å². The van der Waals surface area contributed by atoms with Crippen molar-refractivity contribution < 1.29 is 13.2 Å². The molecule has 1 atom stereocenters. The number of carbonyl (C=O) groups excluding carboxylic acids is 1. The van der Waals surface area contributed by atoms with Gasteiger partial charge in [0, 0.05) is 19.6 Å². The molecule has 3 aromatic rings. The Morgan fingerprint density at radius 3 is 2.48 bits per heavy atom. The van der Waals surface area contributed by atoms with E-state index >= 15 is 0 Å². The highest BCUT2D eigenvalue weighted by atomic mass is 32.2. The van der Waals surface area contributed by atoms with Crippen LogP contribution >= 0.6 is 11.3 Å². The predicted octanol–water partition coefficient (Wildman–Crippen LogP) is 3.66. The lowest BCUT2D eigenvalue weighted by Crippen LogP contribution is -2.49. The highest BCUT2D eigenvalue weighted by Gasteiger charge is 2.42. The number of benzene rings is 2. The number of aryl methyl sites for hydroxylation is 2. The molecule has 33 heavy (non-hydrogen) atoms. The summed E-state index contributed by atoms with van der Waals surface area (Å²) in [6, 6.07) is 12.1. The molecule has 1 aliphatic rings. The third kappa shape index (κ3) is 4.96. The Morgan fingerprint density at radius 1 is 1.09 bits per heavy atom. The van der Waals surface area contributed by atoms with Crippen LogP contribution in [0.5, 0.6) is 0 Å². The lowest BCUT2D eigenvalue weighted by Gasteiger charge is -2.29. The molecular weight excluding hydrogens is 456 g/mol. The molecule has 1 fully saturated rings. The van der Waals surface area contributed by atoms with Gasteiger partial charge in [0.1, 0.15) is 6.04 Å². The van der Waals surface area contributed by atoms with Crippen molar-refractivity contribution in [1.29, 1.82) is 0 Å². The number of nitrogens with zero attached hydrogens (tertiary/aromatic N) is 4. The number of fused-ring (bicyclic) bond motifs is 1. The molecule has 2 aromatic carbocycles. The fourth-order valence-electron chi connectivity index (χ4n) is 4.04. The third-order valence-corrected chi connectivity index (χ3v) is 8.88. The molecule has 9 heteroatoms. The zero-order valence-electron chi connectivity index (χ0n) is 19.5. The van der Waals surface area contributed by atoms with Crippen molar-refractivity contribution in [2.24, 2.45) is 0 Å². The summed E-state index contributed by atoms with van der Waals surface area (Å²) in [4.78, 5) is 22.4. The molecule has 1 unspecified atom stereocenters. The summed E-state index contributed by atoms with van der Waals surface area (Å²) in [5.74, 6) is -0.208. The minimum absolute atomic E-state index is 0.208. The summed E-state index contributed by atoms with van der Waals surface area (Å²) in [5.41, 5.74) is 2.97. The van der Waals surface area contributed by atoms with Gasteiger partial charge in [-0.05, 0) is 70.6 Å². The number of likely N-dealkylation sites (N-methyl/N-ethyl adjacent to an activating group) is 1. The van der Waals surface area contributed by atoms with Crippen molar-refractivity contribution in [2.45, 2.75) is 37.6 Å². The van der Waals surface area contributed by atoms with E-state index in [4.69, 9.17) is 4.98 Å².